The van der Waals surface area contributed by atoms with Crippen molar-refractivity contribution in [3.8, 4) is 5.75 Å². The van der Waals surface area contributed by atoms with Gasteiger partial charge in [-0.15, -0.1) is 13.2 Å². The highest BCUT2D eigenvalue weighted by atomic mass is 19.4. The molecule has 224 valence electrons. The van der Waals surface area contributed by atoms with E-state index >= 15 is 0 Å². The summed E-state index contributed by atoms with van der Waals surface area (Å²) in [5.41, 5.74) is 1.01. The number of aryl methyl sites for hydroxylation is 1. The van der Waals surface area contributed by atoms with Gasteiger partial charge >= 0.3 is 24.5 Å². The van der Waals surface area contributed by atoms with Crippen LogP contribution in [0.5, 0.6) is 5.75 Å². The molecule has 1 heterocycles. The fourth-order valence-corrected chi connectivity index (χ4v) is 3.30. The summed E-state index contributed by atoms with van der Waals surface area (Å²) in [4.78, 5) is 51.5. The fourth-order valence-electron chi connectivity index (χ4n) is 3.30. The van der Waals surface area contributed by atoms with Crippen LogP contribution < -0.4 is 20.7 Å². The number of rotatable bonds is 13. The first-order valence-corrected chi connectivity index (χ1v) is 12.0. The Balaban J connectivity index is 1.90. The van der Waals surface area contributed by atoms with Crippen molar-refractivity contribution in [2.45, 2.75) is 51.2 Å². The highest BCUT2D eigenvalue weighted by molar-refractivity contribution is 5.89. The molecule has 0 aliphatic rings. The first-order chi connectivity index (χ1) is 19.1. The maximum atomic E-state index is 12.4. The lowest BCUT2D eigenvalue weighted by Crippen LogP contribution is -2.39. The lowest BCUT2D eigenvalue weighted by Gasteiger charge is -2.19. The number of nitrogens with one attached hydrogen (secondary N) is 3. The van der Waals surface area contributed by atoms with Crippen LogP contribution in [0.25, 0.3) is 0 Å². The van der Waals surface area contributed by atoms with Crippen LogP contribution in [-0.2, 0) is 23.9 Å². The highest BCUT2D eigenvalue weighted by Crippen LogP contribution is 2.26. The molecular weight excluding hydrogens is 566 g/mol. The van der Waals surface area contributed by atoms with Gasteiger partial charge in [0.15, 0.2) is 0 Å². The average molecular weight is 592 g/mol. The number of unbranched alkanes of at least 4 members (excludes halogenated alkanes) is 1. The summed E-state index contributed by atoms with van der Waals surface area (Å²) in [5.74, 6) is -5.74. The standard InChI is InChI=1S/C25H26F6N4O6/c1-15-9-11-33-19(12-15)32-10-3-2-4-20(36)34-14-21(37)35-18(13-22(38)40-23(39)24(26,27)28)16-5-7-17(8-6-16)41-25(29,30)31/h5-9,11-12,18H,2-4,10,13-14H2,1H3,(H,32,33)(H,34,36)(H,35,37). The predicted octanol–water partition coefficient (Wildman–Crippen LogP) is 3.87. The van der Waals surface area contributed by atoms with Crippen LogP contribution in [0.3, 0.4) is 0 Å². The summed E-state index contributed by atoms with van der Waals surface area (Å²) in [6.45, 7) is 1.89. The molecule has 16 heteroatoms. The van der Waals surface area contributed by atoms with Crippen LogP contribution in [-0.4, -0.2) is 54.4 Å². The van der Waals surface area contributed by atoms with Crippen LogP contribution in [0.1, 0.15) is 42.9 Å². The van der Waals surface area contributed by atoms with Crippen LogP contribution in [0.15, 0.2) is 42.6 Å². The summed E-state index contributed by atoms with van der Waals surface area (Å²) in [7, 11) is 0. The number of aromatic nitrogens is 1. The van der Waals surface area contributed by atoms with E-state index in [4.69, 9.17) is 0 Å². The lowest BCUT2D eigenvalue weighted by molar-refractivity contribution is -0.274. The van der Waals surface area contributed by atoms with Crippen molar-refractivity contribution in [1.29, 1.82) is 0 Å². The number of halogens is 6. The molecule has 0 bridgehead atoms. The molecular formula is C25H26F6N4O6. The van der Waals surface area contributed by atoms with E-state index < -0.39 is 61.0 Å². The molecule has 1 aromatic heterocycles. The van der Waals surface area contributed by atoms with Gasteiger partial charge in [-0.3, -0.25) is 14.4 Å². The number of ether oxygens (including phenoxy) is 2. The van der Waals surface area contributed by atoms with Crippen LogP contribution in [0.4, 0.5) is 32.2 Å². The zero-order chi connectivity index (χ0) is 30.6. The third-order valence-electron chi connectivity index (χ3n) is 5.16. The molecule has 2 rings (SSSR count). The molecule has 0 aliphatic heterocycles. The molecule has 0 fully saturated rings. The van der Waals surface area contributed by atoms with Crippen LogP contribution >= 0.6 is 0 Å². The van der Waals surface area contributed by atoms with Crippen molar-refractivity contribution in [3.05, 3.63) is 53.7 Å². The summed E-state index contributed by atoms with van der Waals surface area (Å²) in [6.07, 6.45) is -8.61. The Labute approximate surface area is 229 Å². The smallest absolute Gasteiger partial charge is 0.406 e. The van der Waals surface area contributed by atoms with E-state index in [1.807, 2.05) is 19.1 Å². The number of carbonyl (C=O) groups is 4. The topological polar surface area (TPSA) is 136 Å². The number of pyridine rings is 1. The molecule has 10 nitrogen and oxygen atoms in total. The Morgan fingerprint density at radius 2 is 1.63 bits per heavy atom. The summed E-state index contributed by atoms with van der Waals surface area (Å²) >= 11 is 0. The van der Waals surface area contributed by atoms with Gasteiger partial charge in [-0.2, -0.15) is 13.2 Å². The number of benzene rings is 1. The van der Waals surface area contributed by atoms with Gasteiger partial charge in [0.25, 0.3) is 0 Å². The second-order valence-corrected chi connectivity index (χ2v) is 8.58. The monoisotopic (exact) mass is 592 g/mol. The maximum absolute atomic E-state index is 12.4. The molecule has 3 N–H and O–H groups in total. The molecule has 0 radical (unpaired) electrons. The Morgan fingerprint density at radius 1 is 0.951 bits per heavy atom. The molecule has 0 saturated carbocycles. The summed E-state index contributed by atoms with van der Waals surface area (Å²) < 4.78 is 81.9. The quantitative estimate of drug-likeness (QED) is 0.138. The van der Waals surface area contributed by atoms with Crippen LogP contribution in [0.2, 0.25) is 0 Å². The molecule has 2 aromatic rings. The third kappa shape index (κ3) is 13.0. The minimum absolute atomic E-state index is 0.0220. The van der Waals surface area contributed by atoms with Crippen molar-refractivity contribution in [2.24, 2.45) is 0 Å². The zero-order valence-corrected chi connectivity index (χ0v) is 21.5. The largest absolute Gasteiger partial charge is 0.573 e. The third-order valence-corrected chi connectivity index (χ3v) is 5.16. The highest BCUT2D eigenvalue weighted by Gasteiger charge is 2.42. The van der Waals surface area contributed by atoms with E-state index in [0.29, 0.717) is 25.2 Å². The van der Waals surface area contributed by atoms with Gasteiger partial charge in [-0.05, 0) is 55.2 Å². The van der Waals surface area contributed by atoms with Gasteiger partial charge < -0.3 is 25.4 Å². The van der Waals surface area contributed by atoms with E-state index in [9.17, 15) is 45.5 Å². The van der Waals surface area contributed by atoms with E-state index in [0.717, 1.165) is 29.8 Å². The molecule has 0 spiro atoms. The average Bonchev–Trinajstić information content (AvgIpc) is 2.86. The number of nitrogens with zero attached hydrogens (tertiary/aromatic N) is 1. The molecule has 41 heavy (non-hydrogen) atoms. The van der Waals surface area contributed by atoms with Crippen molar-refractivity contribution in [2.75, 3.05) is 18.4 Å². The van der Waals surface area contributed by atoms with Gasteiger partial charge in [0.2, 0.25) is 11.8 Å². The molecule has 1 atom stereocenters. The normalized spacial score (nSPS) is 12.2. The van der Waals surface area contributed by atoms with E-state index in [-0.39, 0.29) is 12.0 Å². The number of hydrogen-bond acceptors (Lipinski definition) is 8. The number of esters is 2. The molecule has 1 unspecified atom stereocenters. The Kier molecular flexibility index (Phi) is 11.9. The Hall–Kier alpha value is -4.37. The van der Waals surface area contributed by atoms with E-state index in [1.165, 1.54) is 0 Å². The molecule has 0 saturated heterocycles. The van der Waals surface area contributed by atoms with Gasteiger partial charge in [0.1, 0.15) is 11.6 Å². The fraction of sp³-hybridized carbons (Fsp3) is 0.400. The van der Waals surface area contributed by atoms with Crippen LogP contribution in [0, 0.1) is 6.92 Å². The predicted molar refractivity (Wildman–Crippen MR) is 130 cm³/mol. The van der Waals surface area contributed by atoms with Crippen molar-refractivity contribution in [3.63, 3.8) is 0 Å². The van der Waals surface area contributed by atoms with Gasteiger partial charge in [0.05, 0.1) is 19.0 Å². The SMILES string of the molecule is Cc1ccnc(NCCCCC(=O)NCC(=O)NC(CC(=O)OC(=O)C(F)(F)F)c2ccc(OC(F)(F)F)cc2)c1. The summed E-state index contributed by atoms with van der Waals surface area (Å²) in [6, 6.07) is 6.01. The van der Waals surface area contributed by atoms with Crippen molar-refractivity contribution < 1.29 is 55.0 Å². The molecule has 1 aromatic carbocycles. The second-order valence-electron chi connectivity index (χ2n) is 8.58. The van der Waals surface area contributed by atoms with Gasteiger partial charge in [0, 0.05) is 19.2 Å². The number of anilines is 1. The van der Waals surface area contributed by atoms with E-state index in [1.54, 1.807) is 6.20 Å². The van der Waals surface area contributed by atoms with Crippen molar-refractivity contribution in [1.82, 2.24) is 15.6 Å². The second kappa shape index (κ2) is 14.9. The minimum Gasteiger partial charge on any atom is -0.406 e. The Morgan fingerprint density at radius 3 is 2.24 bits per heavy atom. The first-order valence-electron chi connectivity index (χ1n) is 12.0. The maximum Gasteiger partial charge on any atom is 0.573 e. The molecule has 2 amide bonds. The zero-order valence-electron chi connectivity index (χ0n) is 21.5. The minimum atomic E-state index is -5.46. The lowest BCUT2D eigenvalue weighted by atomic mass is 10.0. The number of carbonyl (C=O) groups excluding carboxylic acids is 4. The van der Waals surface area contributed by atoms with Gasteiger partial charge in [-0.1, -0.05) is 12.1 Å². The number of amides is 2. The Bertz CT molecular complexity index is 1200. The van der Waals surface area contributed by atoms with E-state index in [2.05, 4.69) is 30.4 Å². The molecule has 0 aliphatic carbocycles. The number of alkyl halides is 6. The van der Waals surface area contributed by atoms with Gasteiger partial charge in [-0.25, -0.2) is 9.78 Å². The number of hydrogen-bond donors (Lipinski definition) is 3. The summed E-state index contributed by atoms with van der Waals surface area (Å²) in [5, 5.41) is 7.72. The van der Waals surface area contributed by atoms with Crippen molar-refractivity contribution >= 4 is 29.6 Å². The first kappa shape index (κ1) is 32.8.